The number of aryl methyl sites for hydroxylation is 2. The van der Waals surface area contributed by atoms with E-state index in [1.807, 2.05) is 38.1 Å². The van der Waals surface area contributed by atoms with Crippen LogP contribution in [0.15, 0.2) is 42.5 Å². The first-order valence-corrected chi connectivity index (χ1v) is 14.5. The Morgan fingerprint density at radius 2 is 1.80 bits per heavy atom. The average molecular weight is 559 g/mol. The van der Waals surface area contributed by atoms with Crippen molar-refractivity contribution in [2.75, 3.05) is 45.7 Å². The van der Waals surface area contributed by atoms with Crippen LogP contribution >= 0.6 is 0 Å². The van der Waals surface area contributed by atoms with Gasteiger partial charge in [-0.05, 0) is 80.8 Å². The molecule has 1 aromatic heterocycles. The molecule has 5 rings (SSSR count). The number of hydrogen-bond acceptors (Lipinski definition) is 6. The molecule has 9 heteroatoms. The van der Waals surface area contributed by atoms with E-state index in [9.17, 15) is 9.59 Å². The van der Waals surface area contributed by atoms with Crippen LogP contribution in [0.2, 0.25) is 0 Å². The summed E-state index contributed by atoms with van der Waals surface area (Å²) in [6.45, 7) is 9.32. The second-order valence-corrected chi connectivity index (χ2v) is 11.5. The zero-order valence-electron chi connectivity index (χ0n) is 25.3. The normalized spacial score (nSPS) is 19.2. The number of hydrogen-bond donors (Lipinski definition) is 1. The van der Waals surface area contributed by atoms with Gasteiger partial charge in [0.15, 0.2) is 0 Å². The lowest BCUT2D eigenvalue weighted by Crippen LogP contribution is -2.53. The third kappa shape index (κ3) is 5.68. The Bertz CT molecular complexity index is 1430. The predicted octanol–water partition coefficient (Wildman–Crippen LogP) is 4.27. The standard InChI is InChI=1S/C32H42N6O3/c1-8-38-25-11-12-26(38)19-37(18-25)24-10-9-20(2)28(16-24)31(39)33-21(3)22-13-23(15-27(14-22)41-7)29-17-30(36(6)34-29)32(40)35(4)5/h9-10,13-17,21,25-26H,8,11-12,18-19H2,1-7H3,(H,33,39)/t21-,25-,26+/m1/s1. The SMILES string of the molecule is CCN1[C@@H]2CC[C@H]1CN(c1ccc(C)c(C(=O)N[C@H](C)c3cc(OC)cc(-c4cc(C(=O)N(C)C)n(C)n4)c3)c1)C2. The smallest absolute Gasteiger partial charge is 0.271 e. The Kier molecular flexibility index (Phi) is 8.09. The number of ether oxygens (including phenoxy) is 1. The van der Waals surface area contributed by atoms with Crippen LogP contribution < -0.4 is 15.0 Å². The molecule has 2 aliphatic rings. The van der Waals surface area contributed by atoms with Gasteiger partial charge in [-0.1, -0.05) is 13.0 Å². The molecule has 1 N–H and O–H groups in total. The number of benzene rings is 2. The van der Waals surface area contributed by atoms with Gasteiger partial charge in [0, 0.05) is 63.1 Å². The van der Waals surface area contributed by atoms with E-state index in [4.69, 9.17) is 4.74 Å². The highest BCUT2D eigenvalue weighted by Crippen LogP contribution is 2.33. The number of methoxy groups -OCH3 is 1. The Hall–Kier alpha value is -3.85. The summed E-state index contributed by atoms with van der Waals surface area (Å²) in [5.41, 5.74) is 5.62. The van der Waals surface area contributed by atoms with Gasteiger partial charge in [-0.15, -0.1) is 0 Å². The van der Waals surface area contributed by atoms with Crippen molar-refractivity contribution in [2.24, 2.45) is 7.05 Å². The average Bonchev–Trinajstić information content (AvgIpc) is 3.47. The molecular formula is C32H42N6O3. The monoisotopic (exact) mass is 558 g/mol. The zero-order chi connectivity index (χ0) is 29.4. The molecule has 0 aliphatic carbocycles. The van der Waals surface area contributed by atoms with Crippen LogP contribution in [0.4, 0.5) is 5.69 Å². The molecule has 2 fully saturated rings. The maximum absolute atomic E-state index is 13.6. The summed E-state index contributed by atoms with van der Waals surface area (Å²) in [5, 5.41) is 7.78. The van der Waals surface area contributed by atoms with E-state index < -0.39 is 0 Å². The highest BCUT2D eigenvalue weighted by atomic mass is 16.5. The lowest BCUT2D eigenvalue weighted by molar-refractivity contribution is 0.0816. The number of nitrogens with zero attached hydrogens (tertiary/aromatic N) is 5. The molecule has 0 spiro atoms. The number of carbonyl (C=O) groups excluding carboxylic acids is 2. The molecule has 3 atom stereocenters. The van der Waals surface area contributed by atoms with Crippen molar-refractivity contribution in [3.63, 3.8) is 0 Å². The largest absolute Gasteiger partial charge is 0.497 e. The molecular weight excluding hydrogens is 516 g/mol. The van der Waals surface area contributed by atoms with E-state index in [-0.39, 0.29) is 17.9 Å². The van der Waals surface area contributed by atoms with Gasteiger partial charge in [0.25, 0.3) is 11.8 Å². The minimum atomic E-state index is -0.282. The van der Waals surface area contributed by atoms with Crippen LogP contribution in [0.25, 0.3) is 11.3 Å². The zero-order valence-corrected chi connectivity index (χ0v) is 25.3. The van der Waals surface area contributed by atoms with Crippen LogP contribution in [0.3, 0.4) is 0 Å². The van der Waals surface area contributed by atoms with Gasteiger partial charge in [0.2, 0.25) is 0 Å². The van der Waals surface area contributed by atoms with E-state index in [1.165, 1.54) is 17.7 Å². The molecule has 9 nitrogen and oxygen atoms in total. The van der Waals surface area contributed by atoms with Gasteiger partial charge in [0.1, 0.15) is 11.4 Å². The summed E-state index contributed by atoms with van der Waals surface area (Å²) in [6, 6.07) is 14.7. The number of amides is 2. The first-order chi connectivity index (χ1) is 19.6. The molecule has 2 bridgehead atoms. The fraction of sp³-hybridized carbons (Fsp3) is 0.469. The quantitative estimate of drug-likeness (QED) is 0.445. The molecule has 2 aromatic carbocycles. The van der Waals surface area contributed by atoms with Crippen molar-refractivity contribution < 1.29 is 14.3 Å². The molecule has 3 heterocycles. The summed E-state index contributed by atoms with van der Waals surface area (Å²) in [6.07, 6.45) is 2.50. The lowest BCUT2D eigenvalue weighted by atomic mass is 10.0. The molecule has 2 aliphatic heterocycles. The van der Waals surface area contributed by atoms with Gasteiger partial charge < -0.3 is 19.9 Å². The first kappa shape index (κ1) is 28.7. The van der Waals surface area contributed by atoms with Gasteiger partial charge in [0.05, 0.1) is 18.8 Å². The van der Waals surface area contributed by atoms with Crippen LogP contribution in [0.1, 0.15) is 64.7 Å². The number of anilines is 1. The summed E-state index contributed by atoms with van der Waals surface area (Å²) < 4.78 is 7.18. The van der Waals surface area contributed by atoms with Crippen molar-refractivity contribution >= 4 is 17.5 Å². The lowest BCUT2D eigenvalue weighted by Gasteiger charge is -2.41. The number of nitrogens with one attached hydrogen (secondary N) is 1. The van der Waals surface area contributed by atoms with E-state index in [1.54, 1.807) is 39.0 Å². The molecule has 41 heavy (non-hydrogen) atoms. The van der Waals surface area contributed by atoms with Crippen molar-refractivity contribution in [1.82, 2.24) is 24.9 Å². The summed E-state index contributed by atoms with van der Waals surface area (Å²) in [5.74, 6) is 0.435. The Balaban J connectivity index is 1.36. The van der Waals surface area contributed by atoms with E-state index in [0.29, 0.717) is 34.8 Å². The fourth-order valence-corrected chi connectivity index (χ4v) is 6.30. The summed E-state index contributed by atoms with van der Waals surface area (Å²) >= 11 is 0. The van der Waals surface area contributed by atoms with Crippen molar-refractivity contribution in [1.29, 1.82) is 0 Å². The number of carbonyl (C=O) groups is 2. The van der Waals surface area contributed by atoms with Gasteiger partial charge in [-0.2, -0.15) is 5.10 Å². The number of rotatable bonds is 8. The first-order valence-electron chi connectivity index (χ1n) is 14.5. The Morgan fingerprint density at radius 1 is 1.10 bits per heavy atom. The van der Waals surface area contributed by atoms with Crippen LogP contribution in [0.5, 0.6) is 5.75 Å². The minimum Gasteiger partial charge on any atom is -0.497 e. The molecule has 218 valence electrons. The second-order valence-electron chi connectivity index (χ2n) is 11.5. The summed E-state index contributed by atoms with van der Waals surface area (Å²) in [7, 11) is 6.81. The third-order valence-electron chi connectivity index (χ3n) is 8.64. The van der Waals surface area contributed by atoms with Crippen molar-refractivity contribution in [3.8, 4) is 17.0 Å². The maximum atomic E-state index is 13.6. The molecule has 2 saturated heterocycles. The highest BCUT2D eigenvalue weighted by Gasteiger charge is 2.39. The van der Waals surface area contributed by atoms with Gasteiger partial charge in [-0.3, -0.25) is 19.2 Å². The number of aromatic nitrogens is 2. The van der Waals surface area contributed by atoms with Crippen LogP contribution in [0, 0.1) is 6.92 Å². The maximum Gasteiger partial charge on any atom is 0.271 e. The van der Waals surface area contributed by atoms with Crippen molar-refractivity contribution in [3.05, 3.63) is 64.8 Å². The van der Waals surface area contributed by atoms with E-state index in [2.05, 4.69) is 39.3 Å². The number of piperazine rings is 1. The number of fused-ring (bicyclic) bond motifs is 2. The topological polar surface area (TPSA) is 82.9 Å². The fourth-order valence-electron chi connectivity index (χ4n) is 6.30. The third-order valence-corrected chi connectivity index (χ3v) is 8.64. The molecule has 0 saturated carbocycles. The number of likely N-dealkylation sites (N-methyl/N-ethyl adjacent to an activating group) is 1. The predicted molar refractivity (Wildman–Crippen MR) is 162 cm³/mol. The molecule has 0 unspecified atom stereocenters. The summed E-state index contributed by atoms with van der Waals surface area (Å²) in [4.78, 5) is 32.8. The minimum absolute atomic E-state index is 0.104. The van der Waals surface area contributed by atoms with E-state index >= 15 is 0 Å². The van der Waals surface area contributed by atoms with Crippen LogP contribution in [-0.4, -0.2) is 84.3 Å². The van der Waals surface area contributed by atoms with Gasteiger partial charge >= 0.3 is 0 Å². The highest BCUT2D eigenvalue weighted by molar-refractivity contribution is 5.97. The second kappa shape index (κ2) is 11.6. The van der Waals surface area contributed by atoms with Crippen LogP contribution in [-0.2, 0) is 7.05 Å². The molecule has 0 radical (unpaired) electrons. The Morgan fingerprint density at radius 3 is 2.44 bits per heavy atom. The van der Waals surface area contributed by atoms with Gasteiger partial charge in [-0.25, -0.2) is 0 Å². The Labute approximate surface area is 243 Å². The van der Waals surface area contributed by atoms with Crippen molar-refractivity contribution in [2.45, 2.75) is 51.7 Å². The molecule has 3 aromatic rings. The van der Waals surface area contributed by atoms with E-state index in [0.717, 1.165) is 42.0 Å². The molecule has 2 amide bonds.